The van der Waals surface area contributed by atoms with Crippen molar-refractivity contribution in [2.24, 2.45) is 0 Å². The van der Waals surface area contributed by atoms with Gasteiger partial charge in [0.05, 0.1) is 6.61 Å². The molecule has 0 spiro atoms. The first-order valence-corrected chi connectivity index (χ1v) is 8.97. The highest BCUT2D eigenvalue weighted by molar-refractivity contribution is 5.81. The lowest BCUT2D eigenvalue weighted by Gasteiger charge is -2.20. The van der Waals surface area contributed by atoms with Gasteiger partial charge in [-0.25, -0.2) is 4.79 Å². The van der Waals surface area contributed by atoms with Gasteiger partial charge in [0.1, 0.15) is 25.2 Å². The van der Waals surface area contributed by atoms with Crippen LogP contribution >= 0.6 is 0 Å². The lowest BCUT2D eigenvalue weighted by molar-refractivity contribution is -0.927. The standard InChI is InChI=1S/C22H25NO3/c1-16-11-20-19(13-22(24)26-21(20)12-17(16)2)15-23(9-10-25-3)14-18-7-5-4-6-8-18/h4-8,11-13H,9-10,14-15H2,1-3H3/p+1. The van der Waals surface area contributed by atoms with Gasteiger partial charge in [-0.1, -0.05) is 30.3 Å². The normalized spacial score (nSPS) is 12.4. The molecule has 0 saturated carbocycles. The lowest BCUT2D eigenvalue weighted by atomic mass is 10.0. The summed E-state index contributed by atoms with van der Waals surface area (Å²) in [5, 5.41) is 1.02. The van der Waals surface area contributed by atoms with E-state index in [2.05, 4.69) is 37.3 Å². The Morgan fingerprint density at radius 3 is 2.46 bits per heavy atom. The summed E-state index contributed by atoms with van der Waals surface area (Å²) in [6.45, 7) is 7.31. The third-order valence-corrected chi connectivity index (χ3v) is 4.84. The fourth-order valence-electron chi connectivity index (χ4n) is 3.27. The Morgan fingerprint density at radius 2 is 1.73 bits per heavy atom. The summed E-state index contributed by atoms with van der Waals surface area (Å²) in [5.41, 5.74) is 5.02. The molecule has 0 aliphatic heterocycles. The molecule has 0 saturated heterocycles. The van der Waals surface area contributed by atoms with E-state index in [4.69, 9.17) is 9.15 Å². The van der Waals surface area contributed by atoms with Crippen molar-refractivity contribution in [2.75, 3.05) is 20.3 Å². The highest BCUT2D eigenvalue weighted by atomic mass is 16.5. The maximum atomic E-state index is 12.1. The Hall–Kier alpha value is -2.43. The van der Waals surface area contributed by atoms with Gasteiger partial charge in [-0.15, -0.1) is 0 Å². The van der Waals surface area contributed by atoms with E-state index in [1.807, 2.05) is 19.1 Å². The zero-order valence-corrected chi connectivity index (χ0v) is 15.7. The van der Waals surface area contributed by atoms with Crippen LogP contribution in [0.3, 0.4) is 0 Å². The number of rotatable bonds is 7. The zero-order chi connectivity index (χ0) is 18.5. The molecule has 26 heavy (non-hydrogen) atoms. The van der Waals surface area contributed by atoms with Gasteiger partial charge in [0.25, 0.3) is 0 Å². The SMILES string of the molecule is COCC[NH+](Cc1ccccc1)Cc1cc(=O)oc2cc(C)c(C)cc12. The Balaban J connectivity index is 1.94. The van der Waals surface area contributed by atoms with Crippen LogP contribution in [-0.2, 0) is 17.8 Å². The fraction of sp³-hybridized carbons (Fsp3) is 0.318. The van der Waals surface area contributed by atoms with Crippen molar-refractivity contribution in [3.8, 4) is 0 Å². The molecule has 3 aromatic rings. The van der Waals surface area contributed by atoms with Crippen molar-refractivity contribution in [1.82, 2.24) is 0 Å². The summed E-state index contributed by atoms with van der Waals surface area (Å²) in [7, 11) is 1.72. The molecule has 1 aromatic heterocycles. The summed E-state index contributed by atoms with van der Waals surface area (Å²) in [4.78, 5) is 13.4. The molecule has 136 valence electrons. The molecule has 0 bridgehead atoms. The number of aryl methyl sites for hydroxylation is 2. The van der Waals surface area contributed by atoms with Gasteiger partial charge in [-0.2, -0.15) is 0 Å². The van der Waals surface area contributed by atoms with Gasteiger partial charge in [0.2, 0.25) is 0 Å². The number of benzene rings is 2. The second-order valence-corrected chi connectivity index (χ2v) is 6.86. The molecular formula is C22H26NO3+. The maximum absolute atomic E-state index is 12.1. The number of ether oxygens (including phenoxy) is 1. The van der Waals surface area contributed by atoms with Crippen LogP contribution in [0.2, 0.25) is 0 Å². The molecule has 1 atom stereocenters. The van der Waals surface area contributed by atoms with Crippen LogP contribution in [0, 0.1) is 13.8 Å². The van der Waals surface area contributed by atoms with Gasteiger partial charge in [-0.3, -0.25) is 0 Å². The van der Waals surface area contributed by atoms with Crippen LogP contribution in [0.15, 0.2) is 57.7 Å². The highest BCUT2D eigenvalue weighted by Gasteiger charge is 2.15. The van der Waals surface area contributed by atoms with Crippen LogP contribution in [0.1, 0.15) is 22.3 Å². The fourth-order valence-corrected chi connectivity index (χ4v) is 3.27. The van der Waals surface area contributed by atoms with Crippen molar-refractivity contribution in [1.29, 1.82) is 0 Å². The molecule has 0 fully saturated rings. The molecule has 1 N–H and O–H groups in total. The molecular weight excluding hydrogens is 326 g/mol. The number of quaternary nitrogens is 1. The molecule has 4 nitrogen and oxygen atoms in total. The van der Waals surface area contributed by atoms with Crippen molar-refractivity contribution in [2.45, 2.75) is 26.9 Å². The summed E-state index contributed by atoms with van der Waals surface area (Å²) in [6.07, 6.45) is 0. The largest absolute Gasteiger partial charge is 0.423 e. The number of nitrogens with one attached hydrogen (secondary N) is 1. The third-order valence-electron chi connectivity index (χ3n) is 4.84. The van der Waals surface area contributed by atoms with Crippen LogP contribution in [0.5, 0.6) is 0 Å². The van der Waals surface area contributed by atoms with E-state index in [0.29, 0.717) is 12.2 Å². The summed E-state index contributed by atoms with van der Waals surface area (Å²) >= 11 is 0. The van der Waals surface area contributed by atoms with Crippen molar-refractivity contribution in [3.63, 3.8) is 0 Å². The van der Waals surface area contributed by atoms with Crippen LogP contribution in [-0.4, -0.2) is 20.3 Å². The van der Waals surface area contributed by atoms with Crippen molar-refractivity contribution in [3.05, 3.63) is 81.2 Å². The van der Waals surface area contributed by atoms with Gasteiger partial charge in [-0.05, 0) is 37.1 Å². The quantitative estimate of drug-likeness (QED) is 0.665. The monoisotopic (exact) mass is 352 g/mol. The zero-order valence-electron chi connectivity index (χ0n) is 15.7. The average molecular weight is 352 g/mol. The highest BCUT2D eigenvalue weighted by Crippen LogP contribution is 2.21. The molecule has 2 aromatic carbocycles. The van der Waals surface area contributed by atoms with Crippen LogP contribution < -0.4 is 10.5 Å². The Bertz CT molecular complexity index is 931. The third kappa shape index (κ3) is 4.40. The van der Waals surface area contributed by atoms with E-state index < -0.39 is 0 Å². The Morgan fingerprint density at radius 1 is 1.00 bits per heavy atom. The Labute approximate surface area is 154 Å². The first-order valence-electron chi connectivity index (χ1n) is 8.97. The number of hydrogen-bond acceptors (Lipinski definition) is 3. The van der Waals surface area contributed by atoms with Gasteiger partial charge >= 0.3 is 5.63 Å². The molecule has 1 unspecified atom stereocenters. The first-order chi connectivity index (χ1) is 12.6. The molecule has 1 heterocycles. The smallest absolute Gasteiger partial charge is 0.336 e. The van der Waals surface area contributed by atoms with E-state index in [0.717, 1.165) is 36.1 Å². The number of methoxy groups -OCH3 is 1. The molecule has 0 amide bonds. The van der Waals surface area contributed by atoms with Crippen molar-refractivity contribution >= 4 is 11.0 Å². The van der Waals surface area contributed by atoms with Crippen LogP contribution in [0.25, 0.3) is 11.0 Å². The van der Waals surface area contributed by atoms with E-state index >= 15 is 0 Å². The van der Waals surface area contributed by atoms with Crippen molar-refractivity contribution < 1.29 is 14.1 Å². The predicted octanol–water partition coefficient (Wildman–Crippen LogP) is 2.64. The molecule has 0 aliphatic rings. The number of fused-ring (bicyclic) bond motifs is 1. The second kappa shape index (κ2) is 8.30. The van der Waals surface area contributed by atoms with E-state index in [1.165, 1.54) is 16.0 Å². The Kier molecular flexibility index (Phi) is 5.86. The minimum absolute atomic E-state index is 0.290. The minimum atomic E-state index is -0.290. The molecule has 3 rings (SSSR count). The second-order valence-electron chi connectivity index (χ2n) is 6.86. The predicted molar refractivity (Wildman–Crippen MR) is 104 cm³/mol. The van der Waals surface area contributed by atoms with Gasteiger partial charge in [0.15, 0.2) is 0 Å². The minimum Gasteiger partial charge on any atom is -0.423 e. The lowest BCUT2D eigenvalue weighted by Crippen LogP contribution is -3.09. The maximum Gasteiger partial charge on any atom is 0.336 e. The van der Waals surface area contributed by atoms with E-state index in [-0.39, 0.29) is 5.63 Å². The molecule has 0 radical (unpaired) electrons. The van der Waals surface area contributed by atoms with Crippen LogP contribution in [0.4, 0.5) is 0 Å². The summed E-state index contributed by atoms with van der Waals surface area (Å²) < 4.78 is 10.7. The molecule has 4 heteroatoms. The van der Waals surface area contributed by atoms with E-state index in [1.54, 1.807) is 13.2 Å². The average Bonchev–Trinajstić information content (AvgIpc) is 2.62. The summed E-state index contributed by atoms with van der Waals surface area (Å²) in [5.74, 6) is 0. The molecule has 0 aliphatic carbocycles. The van der Waals surface area contributed by atoms with Gasteiger partial charge < -0.3 is 14.1 Å². The number of hydrogen-bond donors (Lipinski definition) is 1. The summed E-state index contributed by atoms with van der Waals surface area (Å²) in [6, 6.07) is 16.1. The van der Waals surface area contributed by atoms with Gasteiger partial charge in [0, 0.05) is 29.7 Å². The first kappa shape index (κ1) is 18.4. The van der Waals surface area contributed by atoms with E-state index in [9.17, 15) is 4.79 Å². The topological polar surface area (TPSA) is 43.9 Å².